The van der Waals surface area contributed by atoms with Crippen molar-refractivity contribution in [2.45, 2.75) is 11.5 Å². The number of hydrogen-bond acceptors (Lipinski definition) is 4. The minimum absolute atomic E-state index is 0.0240. The van der Waals surface area contributed by atoms with Gasteiger partial charge in [0.2, 0.25) is 0 Å². The number of halogens is 4. The standard InChI is InChI=1S/C20H13Cl4NO4S/c21-14-3-5-15(6-4-14)25-30(27,28)19-10-13(2-8-17(19)23)20(26)29-11-12-1-7-16(22)18(24)9-12/h1-10,25H,11H2. The van der Waals surface area contributed by atoms with Gasteiger partial charge in [0, 0.05) is 10.7 Å². The molecule has 0 saturated carbocycles. The van der Waals surface area contributed by atoms with Crippen molar-refractivity contribution >= 4 is 68.1 Å². The molecular weight excluding hydrogens is 492 g/mol. The van der Waals surface area contributed by atoms with Crippen LogP contribution in [0.5, 0.6) is 0 Å². The second-order valence-corrected chi connectivity index (χ2v) is 9.39. The van der Waals surface area contributed by atoms with E-state index in [9.17, 15) is 13.2 Å². The summed E-state index contributed by atoms with van der Waals surface area (Å²) in [5.41, 5.74) is 0.947. The highest BCUT2D eigenvalue weighted by atomic mass is 35.5. The summed E-state index contributed by atoms with van der Waals surface area (Å²) >= 11 is 23.7. The van der Waals surface area contributed by atoms with Crippen LogP contribution in [0.25, 0.3) is 0 Å². The minimum Gasteiger partial charge on any atom is -0.457 e. The number of ether oxygens (including phenoxy) is 1. The highest BCUT2D eigenvalue weighted by molar-refractivity contribution is 7.92. The molecule has 0 heterocycles. The summed E-state index contributed by atoms with van der Waals surface area (Å²) in [6, 6.07) is 14.7. The number of esters is 1. The van der Waals surface area contributed by atoms with Crippen molar-refractivity contribution in [2.75, 3.05) is 4.72 Å². The van der Waals surface area contributed by atoms with Crippen molar-refractivity contribution in [1.29, 1.82) is 0 Å². The lowest BCUT2D eigenvalue weighted by Gasteiger charge is -2.11. The second-order valence-electron chi connectivity index (χ2n) is 6.08. The van der Waals surface area contributed by atoms with Crippen LogP contribution in [0.2, 0.25) is 20.1 Å². The predicted molar refractivity (Wildman–Crippen MR) is 119 cm³/mol. The number of benzene rings is 3. The fourth-order valence-corrected chi connectivity index (χ4v) is 4.46. The van der Waals surface area contributed by atoms with Crippen LogP contribution in [0.1, 0.15) is 15.9 Å². The molecule has 0 saturated heterocycles. The van der Waals surface area contributed by atoms with Crippen molar-refractivity contribution in [3.8, 4) is 0 Å². The molecule has 0 atom stereocenters. The summed E-state index contributed by atoms with van der Waals surface area (Å²) in [6.07, 6.45) is 0. The second kappa shape index (κ2) is 9.45. The molecule has 10 heteroatoms. The van der Waals surface area contributed by atoms with Gasteiger partial charge in [-0.05, 0) is 60.2 Å². The van der Waals surface area contributed by atoms with Crippen LogP contribution in [0, 0.1) is 0 Å². The van der Waals surface area contributed by atoms with Crippen LogP contribution in [-0.4, -0.2) is 14.4 Å². The molecule has 1 N–H and O–H groups in total. The molecule has 30 heavy (non-hydrogen) atoms. The molecule has 0 aliphatic rings. The molecule has 0 amide bonds. The topological polar surface area (TPSA) is 72.5 Å². The van der Waals surface area contributed by atoms with E-state index in [-0.39, 0.29) is 22.1 Å². The molecule has 0 bridgehead atoms. The van der Waals surface area contributed by atoms with Gasteiger partial charge in [-0.25, -0.2) is 13.2 Å². The van der Waals surface area contributed by atoms with Gasteiger partial charge in [-0.2, -0.15) is 0 Å². The van der Waals surface area contributed by atoms with E-state index in [0.29, 0.717) is 26.3 Å². The fourth-order valence-electron chi connectivity index (χ4n) is 2.43. The van der Waals surface area contributed by atoms with Gasteiger partial charge in [-0.3, -0.25) is 4.72 Å². The first-order chi connectivity index (χ1) is 14.2. The Morgan fingerprint density at radius 3 is 2.17 bits per heavy atom. The van der Waals surface area contributed by atoms with Crippen LogP contribution < -0.4 is 4.72 Å². The summed E-state index contributed by atoms with van der Waals surface area (Å²) in [6.45, 7) is -0.0660. The van der Waals surface area contributed by atoms with E-state index in [4.69, 9.17) is 51.1 Å². The van der Waals surface area contributed by atoms with E-state index in [0.717, 1.165) is 6.07 Å². The van der Waals surface area contributed by atoms with Gasteiger partial charge in [0.25, 0.3) is 10.0 Å². The Hall–Kier alpha value is -1.96. The van der Waals surface area contributed by atoms with Crippen molar-refractivity contribution in [1.82, 2.24) is 0 Å². The molecular formula is C20H13Cl4NO4S. The molecule has 0 aromatic heterocycles. The van der Waals surface area contributed by atoms with E-state index in [2.05, 4.69) is 4.72 Å². The summed E-state index contributed by atoms with van der Waals surface area (Å²) < 4.78 is 33.1. The Morgan fingerprint density at radius 1 is 0.833 bits per heavy atom. The summed E-state index contributed by atoms with van der Waals surface area (Å²) in [5, 5.41) is 1.13. The van der Waals surface area contributed by atoms with Gasteiger partial charge < -0.3 is 4.74 Å². The number of carbonyl (C=O) groups is 1. The van der Waals surface area contributed by atoms with Crippen LogP contribution in [0.4, 0.5) is 5.69 Å². The Labute approximate surface area is 193 Å². The molecule has 0 aliphatic heterocycles. The SMILES string of the molecule is O=C(OCc1ccc(Cl)c(Cl)c1)c1ccc(Cl)c(S(=O)(=O)Nc2ccc(Cl)cc2)c1. The Balaban J connectivity index is 1.78. The largest absolute Gasteiger partial charge is 0.457 e. The zero-order valence-corrected chi connectivity index (χ0v) is 18.9. The first-order valence-corrected chi connectivity index (χ1v) is 11.3. The summed E-state index contributed by atoms with van der Waals surface area (Å²) in [5.74, 6) is -0.722. The Kier molecular flexibility index (Phi) is 7.16. The zero-order valence-electron chi connectivity index (χ0n) is 15.0. The molecule has 3 aromatic rings. The average molecular weight is 505 g/mol. The number of nitrogens with one attached hydrogen (secondary N) is 1. The first kappa shape index (κ1) is 22.7. The molecule has 0 spiro atoms. The molecule has 0 unspecified atom stereocenters. The molecule has 5 nitrogen and oxygen atoms in total. The maximum absolute atomic E-state index is 12.7. The monoisotopic (exact) mass is 503 g/mol. The number of sulfonamides is 1. The third-order valence-corrected chi connectivity index (χ3v) is 6.76. The lowest BCUT2D eigenvalue weighted by atomic mass is 10.2. The number of rotatable bonds is 6. The maximum Gasteiger partial charge on any atom is 0.338 e. The lowest BCUT2D eigenvalue weighted by Crippen LogP contribution is -2.15. The van der Waals surface area contributed by atoms with Gasteiger partial charge in [0.15, 0.2) is 0 Å². The van der Waals surface area contributed by atoms with Gasteiger partial charge in [0.05, 0.1) is 20.6 Å². The van der Waals surface area contributed by atoms with Crippen LogP contribution in [-0.2, 0) is 21.4 Å². The summed E-state index contributed by atoms with van der Waals surface area (Å²) in [4.78, 5) is 12.1. The smallest absolute Gasteiger partial charge is 0.338 e. The van der Waals surface area contributed by atoms with Crippen molar-refractivity contribution < 1.29 is 17.9 Å². The van der Waals surface area contributed by atoms with Gasteiger partial charge in [-0.15, -0.1) is 0 Å². The van der Waals surface area contributed by atoms with Crippen molar-refractivity contribution in [3.05, 3.63) is 91.9 Å². The lowest BCUT2D eigenvalue weighted by molar-refractivity contribution is 0.0472. The van der Waals surface area contributed by atoms with E-state index >= 15 is 0 Å². The molecule has 0 fully saturated rings. The molecule has 156 valence electrons. The van der Waals surface area contributed by atoms with Crippen molar-refractivity contribution in [2.24, 2.45) is 0 Å². The predicted octanol–water partition coefficient (Wildman–Crippen LogP) is 6.46. The van der Waals surface area contributed by atoms with E-state index in [1.54, 1.807) is 18.2 Å². The first-order valence-electron chi connectivity index (χ1n) is 8.35. The minimum atomic E-state index is -4.06. The zero-order chi connectivity index (χ0) is 21.9. The van der Waals surface area contributed by atoms with Gasteiger partial charge in [0.1, 0.15) is 11.5 Å². The normalized spacial score (nSPS) is 11.2. The highest BCUT2D eigenvalue weighted by Crippen LogP contribution is 2.27. The van der Waals surface area contributed by atoms with Gasteiger partial charge >= 0.3 is 5.97 Å². The van der Waals surface area contributed by atoms with E-state index in [1.807, 2.05) is 0 Å². The van der Waals surface area contributed by atoms with Crippen LogP contribution >= 0.6 is 46.4 Å². The van der Waals surface area contributed by atoms with Crippen LogP contribution in [0.15, 0.2) is 65.6 Å². The van der Waals surface area contributed by atoms with Crippen molar-refractivity contribution in [3.63, 3.8) is 0 Å². The Bertz CT molecular complexity index is 1200. The quantitative estimate of drug-likeness (QED) is 0.391. The molecule has 3 aromatic carbocycles. The van der Waals surface area contributed by atoms with E-state index < -0.39 is 16.0 Å². The van der Waals surface area contributed by atoms with Crippen LogP contribution in [0.3, 0.4) is 0 Å². The Morgan fingerprint density at radius 2 is 1.50 bits per heavy atom. The fraction of sp³-hybridized carbons (Fsp3) is 0.0500. The highest BCUT2D eigenvalue weighted by Gasteiger charge is 2.21. The number of anilines is 1. The maximum atomic E-state index is 12.7. The number of carbonyl (C=O) groups excluding carboxylic acids is 1. The summed E-state index contributed by atoms with van der Waals surface area (Å²) in [7, 11) is -4.06. The number of hydrogen-bond donors (Lipinski definition) is 1. The molecule has 0 radical (unpaired) electrons. The third-order valence-electron chi connectivity index (χ3n) is 3.91. The molecule has 0 aliphatic carbocycles. The third kappa shape index (κ3) is 5.59. The average Bonchev–Trinajstić information content (AvgIpc) is 2.70. The molecule has 3 rings (SSSR count). The van der Waals surface area contributed by atoms with Gasteiger partial charge in [-0.1, -0.05) is 52.5 Å². The van der Waals surface area contributed by atoms with E-state index in [1.165, 1.54) is 36.4 Å².